The Bertz CT molecular complexity index is 1040. The first-order chi connectivity index (χ1) is 14.3. The van der Waals surface area contributed by atoms with Crippen LogP contribution in [-0.2, 0) is 14.8 Å². The number of benzene rings is 2. The number of hydrogen-bond acceptors (Lipinski definition) is 5. The van der Waals surface area contributed by atoms with E-state index in [-0.39, 0.29) is 22.9 Å². The number of nitrogens with one attached hydrogen (secondary N) is 1. The second kappa shape index (κ2) is 9.78. The second-order valence-corrected chi connectivity index (χ2v) is 9.81. The SMILES string of the molecule is Cc1ccc(S(=O)(=O)N2CCN(CC(=O)N/N=C\c3cc(Br)ccc3F)CC2)cc1. The maximum Gasteiger partial charge on any atom is 0.254 e. The molecule has 2 aromatic rings. The van der Waals surface area contributed by atoms with Gasteiger partial charge in [-0.1, -0.05) is 33.6 Å². The van der Waals surface area contributed by atoms with Crippen molar-refractivity contribution in [1.82, 2.24) is 14.6 Å². The summed E-state index contributed by atoms with van der Waals surface area (Å²) in [5.74, 6) is -0.793. The number of carbonyl (C=O) groups excluding carboxylic acids is 1. The summed E-state index contributed by atoms with van der Waals surface area (Å²) >= 11 is 3.25. The zero-order chi connectivity index (χ0) is 21.7. The number of sulfonamides is 1. The maximum atomic E-state index is 13.7. The van der Waals surface area contributed by atoms with E-state index in [4.69, 9.17) is 0 Å². The normalized spacial score (nSPS) is 16.1. The Balaban J connectivity index is 1.49. The quantitative estimate of drug-likeness (QED) is 0.491. The van der Waals surface area contributed by atoms with E-state index in [0.29, 0.717) is 30.7 Å². The number of nitrogens with zero attached hydrogens (tertiary/aromatic N) is 3. The molecule has 0 spiro atoms. The number of rotatable bonds is 6. The van der Waals surface area contributed by atoms with E-state index in [0.717, 1.165) is 5.56 Å². The molecule has 0 aromatic heterocycles. The van der Waals surface area contributed by atoms with Crippen LogP contribution in [0.5, 0.6) is 0 Å². The summed E-state index contributed by atoms with van der Waals surface area (Å²) in [4.78, 5) is 14.2. The number of hydrazone groups is 1. The van der Waals surface area contributed by atoms with Gasteiger partial charge in [0.05, 0.1) is 17.7 Å². The zero-order valence-electron chi connectivity index (χ0n) is 16.4. The van der Waals surface area contributed by atoms with Crippen molar-refractivity contribution in [3.63, 3.8) is 0 Å². The monoisotopic (exact) mass is 496 g/mol. The first kappa shape index (κ1) is 22.5. The molecule has 7 nitrogen and oxygen atoms in total. The highest BCUT2D eigenvalue weighted by atomic mass is 79.9. The van der Waals surface area contributed by atoms with Gasteiger partial charge in [-0.15, -0.1) is 0 Å². The molecule has 30 heavy (non-hydrogen) atoms. The molecule has 1 aliphatic heterocycles. The highest BCUT2D eigenvalue weighted by Gasteiger charge is 2.28. The van der Waals surface area contributed by atoms with Crippen molar-refractivity contribution in [2.75, 3.05) is 32.7 Å². The summed E-state index contributed by atoms with van der Waals surface area (Å²) in [6.45, 7) is 3.45. The molecule has 1 fully saturated rings. The van der Waals surface area contributed by atoms with Crippen LogP contribution in [0, 0.1) is 12.7 Å². The van der Waals surface area contributed by atoms with Gasteiger partial charge in [0, 0.05) is 36.2 Å². The minimum Gasteiger partial charge on any atom is -0.292 e. The average Bonchev–Trinajstić information content (AvgIpc) is 2.71. The summed E-state index contributed by atoms with van der Waals surface area (Å²) in [7, 11) is -3.54. The van der Waals surface area contributed by atoms with Crippen molar-refractivity contribution in [3.05, 3.63) is 63.9 Å². The summed E-state index contributed by atoms with van der Waals surface area (Å²) in [6.07, 6.45) is 1.24. The standard InChI is InChI=1S/C20H22BrFN4O3S/c1-15-2-5-18(6-3-15)30(28,29)26-10-8-25(9-11-26)14-20(27)24-23-13-16-12-17(21)4-7-19(16)22/h2-7,12-13H,8-11,14H2,1H3,(H,24,27)/b23-13-. The minimum atomic E-state index is -3.54. The summed E-state index contributed by atoms with van der Waals surface area (Å²) < 4.78 is 41.2. The van der Waals surface area contributed by atoms with Crippen LogP contribution in [-0.4, -0.2) is 62.5 Å². The first-order valence-corrected chi connectivity index (χ1v) is 11.5. The van der Waals surface area contributed by atoms with Crippen LogP contribution in [0.1, 0.15) is 11.1 Å². The average molecular weight is 497 g/mol. The molecule has 0 unspecified atom stereocenters. The van der Waals surface area contributed by atoms with Crippen LogP contribution in [0.25, 0.3) is 0 Å². The molecule has 10 heteroatoms. The van der Waals surface area contributed by atoms with E-state index in [1.54, 1.807) is 36.4 Å². The molecule has 1 amide bonds. The number of amides is 1. The van der Waals surface area contributed by atoms with Crippen molar-refractivity contribution in [1.29, 1.82) is 0 Å². The number of hydrogen-bond donors (Lipinski definition) is 1. The van der Waals surface area contributed by atoms with Crippen LogP contribution in [0.2, 0.25) is 0 Å². The molecule has 0 saturated carbocycles. The van der Waals surface area contributed by atoms with Gasteiger partial charge in [0.15, 0.2) is 0 Å². The third-order valence-electron chi connectivity index (χ3n) is 4.71. The molecule has 2 aromatic carbocycles. The number of carbonyl (C=O) groups is 1. The third-order valence-corrected chi connectivity index (χ3v) is 7.11. The topological polar surface area (TPSA) is 82.1 Å². The van der Waals surface area contributed by atoms with Crippen molar-refractivity contribution in [2.24, 2.45) is 5.10 Å². The van der Waals surface area contributed by atoms with Crippen LogP contribution >= 0.6 is 15.9 Å². The lowest BCUT2D eigenvalue weighted by Crippen LogP contribution is -2.50. The highest BCUT2D eigenvalue weighted by molar-refractivity contribution is 9.10. The van der Waals surface area contributed by atoms with Crippen molar-refractivity contribution >= 4 is 38.1 Å². The Kier molecular flexibility index (Phi) is 7.35. The molecule has 0 bridgehead atoms. The lowest BCUT2D eigenvalue weighted by Gasteiger charge is -2.33. The Labute approximate surface area is 183 Å². The Hall–Kier alpha value is -2.14. The van der Waals surface area contributed by atoms with Gasteiger partial charge in [0.2, 0.25) is 10.0 Å². The van der Waals surface area contributed by atoms with E-state index < -0.39 is 15.8 Å². The van der Waals surface area contributed by atoms with Crippen molar-refractivity contribution in [2.45, 2.75) is 11.8 Å². The van der Waals surface area contributed by atoms with Crippen LogP contribution in [0.3, 0.4) is 0 Å². The minimum absolute atomic E-state index is 0.0801. The van der Waals surface area contributed by atoms with E-state index in [9.17, 15) is 17.6 Å². The number of halogens is 2. The number of aryl methyl sites for hydroxylation is 1. The maximum absolute atomic E-state index is 13.7. The second-order valence-electron chi connectivity index (χ2n) is 6.95. The molecule has 0 atom stereocenters. The van der Waals surface area contributed by atoms with E-state index >= 15 is 0 Å². The largest absolute Gasteiger partial charge is 0.292 e. The Morgan fingerprint density at radius 2 is 1.83 bits per heavy atom. The molecule has 1 N–H and O–H groups in total. The van der Waals surface area contributed by atoms with E-state index in [2.05, 4.69) is 26.5 Å². The lowest BCUT2D eigenvalue weighted by molar-refractivity contribution is -0.122. The van der Waals surface area contributed by atoms with Gasteiger partial charge < -0.3 is 0 Å². The fraction of sp³-hybridized carbons (Fsp3) is 0.300. The van der Waals surface area contributed by atoms with Crippen LogP contribution in [0.15, 0.2) is 56.9 Å². The molecule has 1 saturated heterocycles. The predicted molar refractivity (Wildman–Crippen MR) is 116 cm³/mol. The molecule has 0 radical (unpaired) electrons. The van der Waals surface area contributed by atoms with Gasteiger partial charge in [-0.2, -0.15) is 9.41 Å². The molecular weight excluding hydrogens is 475 g/mol. The van der Waals surface area contributed by atoms with Gasteiger partial charge in [0.25, 0.3) is 5.91 Å². The van der Waals surface area contributed by atoms with E-state index in [1.807, 2.05) is 11.8 Å². The fourth-order valence-corrected chi connectivity index (χ4v) is 4.81. The highest BCUT2D eigenvalue weighted by Crippen LogP contribution is 2.18. The fourth-order valence-electron chi connectivity index (χ4n) is 3.01. The summed E-state index contributed by atoms with van der Waals surface area (Å²) in [5.41, 5.74) is 3.62. The molecule has 160 valence electrons. The first-order valence-electron chi connectivity index (χ1n) is 9.32. The van der Waals surface area contributed by atoms with Crippen molar-refractivity contribution < 1.29 is 17.6 Å². The third kappa shape index (κ3) is 5.72. The molecule has 1 heterocycles. The van der Waals surface area contributed by atoms with Gasteiger partial charge in [-0.3, -0.25) is 9.69 Å². The molecular formula is C20H22BrFN4O3S. The number of piperazine rings is 1. The van der Waals surface area contributed by atoms with E-state index in [1.165, 1.54) is 16.6 Å². The molecule has 0 aliphatic carbocycles. The Morgan fingerprint density at radius 3 is 2.50 bits per heavy atom. The lowest BCUT2D eigenvalue weighted by atomic mass is 10.2. The molecule has 3 rings (SSSR count). The van der Waals surface area contributed by atoms with Crippen molar-refractivity contribution in [3.8, 4) is 0 Å². The molecule has 1 aliphatic rings. The van der Waals surface area contributed by atoms with Gasteiger partial charge >= 0.3 is 0 Å². The Morgan fingerprint density at radius 1 is 1.17 bits per heavy atom. The van der Waals surface area contributed by atoms with Gasteiger partial charge in [0.1, 0.15) is 5.82 Å². The smallest absolute Gasteiger partial charge is 0.254 e. The summed E-state index contributed by atoms with van der Waals surface area (Å²) in [6, 6.07) is 11.2. The van der Waals surface area contributed by atoms with Gasteiger partial charge in [-0.25, -0.2) is 18.2 Å². The van der Waals surface area contributed by atoms with Crippen LogP contribution in [0.4, 0.5) is 4.39 Å². The van der Waals surface area contributed by atoms with Gasteiger partial charge in [-0.05, 0) is 37.3 Å². The summed E-state index contributed by atoms with van der Waals surface area (Å²) in [5, 5.41) is 3.79. The predicted octanol–water partition coefficient (Wildman–Crippen LogP) is 2.35. The zero-order valence-corrected chi connectivity index (χ0v) is 18.8. The van der Waals surface area contributed by atoms with Crippen LogP contribution < -0.4 is 5.43 Å².